The second kappa shape index (κ2) is 6.45. The molecule has 0 N–H and O–H groups in total. The SMILES string of the molecule is CC(=O)OCc1ccc(-c2nc3cc(Cl)ccc3c(=O)n2C)cc1. The van der Waals surface area contributed by atoms with Gasteiger partial charge in [-0.2, -0.15) is 0 Å². The van der Waals surface area contributed by atoms with E-state index in [1.54, 1.807) is 25.2 Å². The summed E-state index contributed by atoms with van der Waals surface area (Å²) in [5.41, 5.74) is 2.09. The van der Waals surface area contributed by atoms with Crippen LogP contribution in [0.2, 0.25) is 5.02 Å². The lowest BCUT2D eigenvalue weighted by Gasteiger charge is -2.10. The number of carbonyl (C=O) groups is 1. The number of ether oxygens (including phenoxy) is 1. The van der Waals surface area contributed by atoms with Crippen molar-refractivity contribution in [2.45, 2.75) is 13.5 Å². The Morgan fingerprint density at radius 3 is 2.58 bits per heavy atom. The van der Waals surface area contributed by atoms with Crippen LogP contribution in [0.4, 0.5) is 0 Å². The van der Waals surface area contributed by atoms with Gasteiger partial charge in [0.25, 0.3) is 5.56 Å². The van der Waals surface area contributed by atoms with Crippen LogP contribution in [-0.2, 0) is 23.2 Å². The van der Waals surface area contributed by atoms with E-state index in [1.807, 2.05) is 24.3 Å². The third kappa shape index (κ3) is 3.16. The van der Waals surface area contributed by atoms with Crippen molar-refractivity contribution in [3.05, 3.63) is 63.4 Å². The third-order valence-corrected chi connectivity index (χ3v) is 3.93. The van der Waals surface area contributed by atoms with Crippen molar-refractivity contribution >= 4 is 28.5 Å². The van der Waals surface area contributed by atoms with Gasteiger partial charge in [-0.15, -0.1) is 0 Å². The van der Waals surface area contributed by atoms with E-state index in [4.69, 9.17) is 16.3 Å². The second-order valence-electron chi connectivity index (χ2n) is 5.44. The molecule has 1 heterocycles. The highest BCUT2D eigenvalue weighted by Gasteiger charge is 2.10. The molecular weight excluding hydrogens is 328 g/mol. The quantitative estimate of drug-likeness (QED) is 0.685. The van der Waals surface area contributed by atoms with Crippen LogP contribution in [0.5, 0.6) is 0 Å². The number of fused-ring (bicyclic) bond motifs is 1. The number of nitrogens with zero attached hydrogens (tertiary/aromatic N) is 2. The molecule has 24 heavy (non-hydrogen) atoms. The van der Waals surface area contributed by atoms with Crippen LogP contribution >= 0.6 is 11.6 Å². The summed E-state index contributed by atoms with van der Waals surface area (Å²) in [7, 11) is 1.69. The van der Waals surface area contributed by atoms with Crippen LogP contribution < -0.4 is 5.56 Å². The van der Waals surface area contributed by atoms with Crippen LogP contribution in [0, 0.1) is 0 Å². The van der Waals surface area contributed by atoms with Gasteiger partial charge >= 0.3 is 5.97 Å². The Bertz CT molecular complexity index is 978. The van der Waals surface area contributed by atoms with Crippen molar-refractivity contribution in [2.24, 2.45) is 7.05 Å². The molecule has 0 atom stereocenters. The smallest absolute Gasteiger partial charge is 0.302 e. The Balaban J connectivity index is 2.04. The zero-order chi connectivity index (χ0) is 17.3. The molecule has 0 radical (unpaired) electrons. The van der Waals surface area contributed by atoms with Gasteiger partial charge in [0.15, 0.2) is 0 Å². The van der Waals surface area contributed by atoms with E-state index < -0.39 is 0 Å². The van der Waals surface area contributed by atoms with E-state index in [9.17, 15) is 9.59 Å². The van der Waals surface area contributed by atoms with Gasteiger partial charge in [0.05, 0.1) is 10.9 Å². The molecule has 0 spiro atoms. The number of esters is 1. The zero-order valence-corrected chi connectivity index (χ0v) is 14.0. The first-order valence-corrected chi connectivity index (χ1v) is 7.72. The maximum atomic E-state index is 12.5. The monoisotopic (exact) mass is 342 g/mol. The predicted octanol–water partition coefficient (Wildman–Crippen LogP) is 3.32. The van der Waals surface area contributed by atoms with Crippen LogP contribution in [0.15, 0.2) is 47.3 Å². The molecule has 0 bridgehead atoms. The van der Waals surface area contributed by atoms with Crippen LogP contribution in [0.3, 0.4) is 0 Å². The van der Waals surface area contributed by atoms with Crippen molar-refractivity contribution in [2.75, 3.05) is 0 Å². The summed E-state index contributed by atoms with van der Waals surface area (Å²) in [5, 5.41) is 1.06. The van der Waals surface area contributed by atoms with Gasteiger partial charge in [-0.25, -0.2) is 4.98 Å². The van der Waals surface area contributed by atoms with E-state index in [0.717, 1.165) is 11.1 Å². The molecule has 1 aromatic heterocycles. The fraction of sp³-hybridized carbons (Fsp3) is 0.167. The predicted molar refractivity (Wildman–Crippen MR) is 92.9 cm³/mol. The minimum absolute atomic E-state index is 0.129. The molecule has 0 fully saturated rings. The first-order chi connectivity index (χ1) is 11.5. The van der Waals surface area contributed by atoms with Gasteiger partial charge in [0, 0.05) is 24.6 Å². The van der Waals surface area contributed by atoms with E-state index in [0.29, 0.717) is 21.7 Å². The molecule has 0 aliphatic heterocycles. The van der Waals surface area contributed by atoms with Gasteiger partial charge in [-0.1, -0.05) is 35.9 Å². The number of hydrogen-bond donors (Lipinski definition) is 0. The maximum Gasteiger partial charge on any atom is 0.302 e. The number of rotatable bonds is 3. The average molecular weight is 343 g/mol. The lowest BCUT2D eigenvalue weighted by Crippen LogP contribution is -2.20. The highest BCUT2D eigenvalue weighted by molar-refractivity contribution is 6.31. The van der Waals surface area contributed by atoms with Crippen LogP contribution in [0.25, 0.3) is 22.3 Å². The number of hydrogen-bond acceptors (Lipinski definition) is 4. The van der Waals surface area contributed by atoms with Gasteiger partial charge in [0.1, 0.15) is 12.4 Å². The summed E-state index contributed by atoms with van der Waals surface area (Å²) in [6.45, 7) is 1.59. The lowest BCUT2D eigenvalue weighted by molar-refractivity contribution is -0.142. The lowest BCUT2D eigenvalue weighted by atomic mass is 10.1. The molecule has 2 aromatic carbocycles. The molecule has 122 valence electrons. The zero-order valence-electron chi connectivity index (χ0n) is 13.2. The summed E-state index contributed by atoms with van der Waals surface area (Å²) >= 11 is 6.00. The van der Waals surface area contributed by atoms with E-state index in [-0.39, 0.29) is 18.1 Å². The standard InChI is InChI=1S/C18H15ClN2O3/c1-11(22)24-10-12-3-5-13(6-4-12)17-20-16-9-14(19)7-8-15(16)18(23)21(17)2/h3-9H,10H2,1-2H3. The first kappa shape index (κ1) is 16.2. The topological polar surface area (TPSA) is 61.2 Å². The first-order valence-electron chi connectivity index (χ1n) is 7.34. The fourth-order valence-corrected chi connectivity index (χ4v) is 2.60. The summed E-state index contributed by atoms with van der Waals surface area (Å²) < 4.78 is 6.47. The molecule has 0 aliphatic carbocycles. The Kier molecular flexibility index (Phi) is 4.36. The molecule has 0 aliphatic rings. The largest absolute Gasteiger partial charge is 0.461 e. The molecule has 0 saturated carbocycles. The Morgan fingerprint density at radius 1 is 1.21 bits per heavy atom. The van der Waals surface area contributed by atoms with Crippen LogP contribution in [0.1, 0.15) is 12.5 Å². The number of halogens is 1. The summed E-state index contributed by atoms with van der Waals surface area (Å²) in [6.07, 6.45) is 0. The Morgan fingerprint density at radius 2 is 1.92 bits per heavy atom. The Hall–Kier alpha value is -2.66. The third-order valence-electron chi connectivity index (χ3n) is 3.69. The second-order valence-corrected chi connectivity index (χ2v) is 5.87. The van der Waals surface area contributed by atoms with Gasteiger partial charge < -0.3 is 4.74 Å². The highest BCUT2D eigenvalue weighted by atomic mass is 35.5. The maximum absolute atomic E-state index is 12.5. The summed E-state index contributed by atoms with van der Waals surface area (Å²) in [4.78, 5) is 27.9. The van der Waals surface area contributed by atoms with Crippen molar-refractivity contribution < 1.29 is 9.53 Å². The molecular formula is C18H15ClN2O3. The van der Waals surface area contributed by atoms with Gasteiger partial charge in [-0.05, 0) is 23.8 Å². The summed E-state index contributed by atoms with van der Waals surface area (Å²) in [6, 6.07) is 12.4. The van der Waals surface area contributed by atoms with E-state index in [2.05, 4.69) is 4.98 Å². The van der Waals surface area contributed by atoms with Crippen molar-refractivity contribution in [1.29, 1.82) is 0 Å². The van der Waals surface area contributed by atoms with Crippen LogP contribution in [-0.4, -0.2) is 15.5 Å². The van der Waals surface area contributed by atoms with Crippen molar-refractivity contribution in [1.82, 2.24) is 9.55 Å². The van der Waals surface area contributed by atoms with Gasteiger partial charge in [0.2, 0.25) is 0 Å². The number of aromatic nitrogens is 2. The normalized spacial score (nSPS) is 10.8. The Labute approximate surface area is 143 Å². The minimum atomic E-state index is -0.324. The van der Waals surface area contributed by atoms with Crippen molar-refractivity contribution in [3.8, 4) is 11.4 Å². The fourth-order valence-electron chi connectivity index (χ4n) is 2.44. The average Bonchev–Trinajstić information content (AvgIpc) is 2.56. The minimum Gasteiger partial charge on any atom is -0.461 e. The van der Waals surface area contributed by atoms with E-state index >= 15 is 0 Å². The molecule has 6 heteroatoms. The molecule has 0 amide bonds. The number of carbonyl (C=O) groups excluding carboxylic acids is 1. The van der Waals surface area contributed by atoms with Gasteiger partial charge in [-0.3, -0.25) is 14.2 Å². The molecule has 0 saturated heterocycles. The summed E-state index contributed by atoms with van der Waals surface area (Å²) in [5.74, 6) is 0.225. The van der Waals surface area contributed by atoms with Crippen molar-refractivity contribution in [3.63, 3.8) is 0 Å². The molecule has 0 unspecified atom stereocenters. The van der Waals surface area contributed by atoms with E-state index in [1.165, 1.54) is 11.5 Å². The molecule has 3 rings (SSSR count). The highest BCUT2D eigenvalue weighted by Crippen LogP contribution is 2.21. The molecule has 5 nitrogen and oxygen atoms in total. The molecule has 3 aromatic rings. The number of benzene rings is 2.